The highest BCUT2D eigenvalue weighted by atomic mass is 19.3. The minimum atomic E-state index is -2.69. The lowest BCUT2D eigenvalue weighted by Gasteiger charge is -2.16. The van der Waals surface area contributed by atoms with E-state index in [2.05, 4.69) is 46.9 Å². The molecule has 0 radical (unpaired) electrons. The summed E-state index contributed by atoms with van der Waals surface area (Å²) >= 11 is 0. The number of carbonyl (C=O) groups is 4. The van der Waals surface area contributed by atoms with Crippen molar-refractivity contribution in [1.82, 2.24) is 5.32 Å². The topological polar surface area (TPSA) is 80.3 Å². The Morgan fingerprint density at radius 1 is 0.711 bits per heavy atom. The van der Waals surface area contributed by atoms with Crippen molar-refractivity contribution in [2.45, 2.75) is 134 Å². The molecule has 0 aromatic carbocycles. The number of amides is 1. The largest absolute Gasteiger partial charge is 0.359 e. The molecule has 1 amide bonds. The van der Waals surface area contributed by atoms with Gasteiger partial charge in [-0.2, -0.15) is 0 Å². The highest BCUT2D eigenvalue weighted by Crippen LogP contribution is 2.50. The van der Waals surface area contributed by atoms with Crippen LogP contribution in [0.1, 0.15) is 129 Å². The molecule has 7 heteroatoms. The summed E-state index contributed by atoms with van der Waals surface area (Å²) in [6.07, 6.45) is 3.77. The van der Waals surface area contributed by atoms with E-state index >= 15 is 0 Å². The second kappa shape index (κ2) is 14.6. The monoisotopic (exact) mass is 545 g/mol. The third-order valence-electron chi connectivity index (χ3n) is 5.34. The summed E-state index contributed by atoms with van der Waals surface area (Å²) in [7, 11) is 1.65. The molecule has 224 valence electrons. The molecule has 1 atom stereocenters. The number of ketones is 3. The number of hydrogen-bond donors (Lipinski definition) is 1. The molecule has 0 heterocycles. The van der Waals surface area contributed by atoms with Gasteiger partial charge in [0.05, 0.1) is 5.92 Å². The van der Waals surface area contributed by atoms with Crippen molar-refractivity contribution in [3.63, 3.8) is 0 Å². The van der Waals surface area contributed by atoms with Crippen molar-refractivity contribution in [3.05, 3.63) is 0 Å². The molecule has 1 unspecified atom stereocenters. The SMILES string of the molecule is CC(=O)CC(C)(C)C.CC(C)(C)CC(=O)C1CC1.CC(C)(C)CC(=O)C1CC1(F)F.CNC(=O)C(C)(C)C. The van der Waals surface area contributed by atoms with Gasteiger partial charge in [0.15, 0.2) is 0 Å². The third-order valence-corrected chi connectivity index (χ3v) is 5.34. The summed E-state index contributed by atoms with van der Waals surface area (Å²) in [5.41, 5.74) is -0.0456. The predicted octanol–water partition coefficient (Wildman–Crippen LogP) is 7.84. The lowest BCUT2D eigenvalue weighted by Crippen LogP contribution is -2.31. The average molecular weight is 546 g/mol. The van der Waals surface area contributed by atoms with Crippen LogP contribution in [0.3, 0.4) is 0 Å². The van der Waals surface area contributed by atoms with E-state index in [1.165, 1.54) is 0 Å². The lowest BCUT2D eigenvalue weighted by atomic mass is 9.88. The Kier molecular flexibility index (Phi) is 14.8. The van der Waals surface area contributed by atoms with E-state index in [1.807, 2.05) is 41.5 Å². The molecule has 0 aliphatic heterocycles. The number of alkyl halides is 2. The minimum Gasteiger partial charge on any atom is -0.359 e. The number of hydrogen-bond acceptors (Lipinski definition) is 4. The first-order valence-electron chi connectivity index (χ1n) is 13.8. The van der Waals surface area contributed by atoms with Gasteiger partial charge in [-0.1, -0.05) is 83.1 Å². The summed E-state index contributed by atoms with van der Waals surface area (Å²) in [5.74, 6) is -2.67. The number of carbonyl (C=O) groups excluding carboxylic acids is 4. The standard InChI is InChI=1S/C9H14F2O.C9H16O.C7H14O.C6H13NO/c1-8(2,3)5-7(12)6-4-9(6,10)11;1-9(2,3)6-8(10)7-4-5-7;1-6(8)5-7(2,3)4;1-6(2,3)5(8)7-4/h6H,4-5H2,1-3H3;7H,4-6H2,1-3H3;5H2,1-4H3;1-4H3,(H,7,8). The van der Waals surface area contributed by atoms with E-state index in [-0.39, 0.29) is 52.0 Å². The molecule has 0 spiro atoms. The van der Waals surface area contributed by atoms with Gasteiger partial charge in [-0.05, 0) is 36.0 Å². The van der Waals surface area contributed by atoms with Crippen molar-refractivity contribution >= 4 is 23.3 Å². The normalized spacial score (nSPS) is 18.3. The van der Waals surface area contributed by atoms with E-state index in [0.717, 1.165) is 19.3 Å². The van der Waals surface area contributed by atoms with Crippen molar-refractivity contribution in [2.75, 3.05) is 7.05 Å². The van der Waals surface area contributed by atoms with Crippen LogP contribution in [0.15, 0.2) is 0 Å². The molecule has 0 aromatic rings. The van der Waals surface area contributed by atoms with Gasteiger partial charge in [0.25, 0.3) is 5.92 Å². The van der Waals surface area contributed by atoms with E-state index in [9.17, 15) is 28.0 Å². The molecule has 0 aromatic heterocycles. The van der Waals surface area contributed by atoms with Crippen LogP contribution in [-0.2, 0) is 19.2 Å². The van der Waals surface area contributed by atoms with Crippen molar-refractivity contribution in [3.8, 4) is 0 Å². The highest BCUT2D eigenvalue weighted by Gasteiger charge is 2.60. The van der Waals surface area contributed by atoms with Gasteiger partial charge in [-0.15, -0.1) is 0 Å². The Balaban J connectivity index is 0. The summed E-state index contributed by atoms with van der Waals surface area (Å²) < 4.78 is 24.8. The fourth-order valence-corrected chi connectivity index (χ4v) is 3.40. The van der Waals surface area contributed by atoms with Gasteiger partial charge < -0.3 is 10.1 Å². The summed E-state index contributed by atoms with van der Waals surface area (Å²) in [5, 5.41) is 2.57. The minimum absolute atomic E-state index is 0.0810. The van der Waals surface area contributed by atoms with Crippen LogP contribution in [0.4, 0.5) is 8.78 Å². The second-order valence-corrected chi connectivity index (χ2v) is 15.5. The summed E-state index contributed by atoms with van der Waals surface area (Å²) in [6, 6.07) is 0. The zero-order chi connectivity index (χ0) is 30.9. The average Bonchev–Trinajstić information content (AvgIpc) is 3.53. The molecule has 2 rings (SSSR count). The maximum absolute atomic E-state index is 12.4. The Morgan fingerprint density at radius 3 is 1.21 bits per heavy atom. The molecule has 2 saturated carbocycles. The number of nitrogens with one attached hydrogen (secondary N) is 1. The van der Waals surface area contributed by atoms with Crippen LogP contribution < -0.4 is 5.32 Å². The molecule has 0 saturated heterocycles. The van der Waals surface area contributed by atoms with Crippen LogP contribution in [0.2, 0.25) is 0 Å². The molecule has 2 aliphatic rings. The first-order chi connectivity index (χ1) is 16.6. The molecule has 38 heavy (non-hydrogen) atoms. The summed E-state index contributed by atoms with van der Waals surface area (Å²) in [4.78, 5) is 43.6. The van der Waals surface area contributed by atoms with Crippen LogP contribution in [-0.4, -0.2) is 36.2 Å². The third kappa shape index (κ3) is 22.3. The number of rotatable bonds is 5. The van der Waals surface area contributed by atoms with Gasteiger partial charge in [-0.3, -0.25) is 14.4 Å². The Bertz CT molecular complexity index is 787. The molecule has 5 nitrogen and oxygen atoms in total. The Labute approximate surface area is 231 Å². The quantitative estimate of drug-likeness (QED) is 0.382. The second-order valence-electron chi connectivity index (χ2n) is 15.5. The van der Waals surface area contributed by atoms with Gasteiger partial charge in [-0.25, -0.2) is 8.78 Å². The van der Waals surface area contributed by atoms with Crippen LogP contribution in [0.25, 0.3) is 0 Å². The molecule has 2 aliphatic carbocycles. The first-order valence-corrected chi connectivity index (χ1v) is 13.8. The van der Waals surface area contributed by atoms with Crippen molar-refractivity contribution < 1.29 is 28.0 Å². The van der Waals surface area contributed by atoms with Gasteiger partial charge in [0, 0.05) is 44.1 Å². The van der Waals surface area contributed by atoms with E-state index < -0.39 is 11.8 Å². The van der Waals surface area contributed by atoms with Gasteiger partial charge >= 0.3 is 0 Å². The molecular weight excluding hydrogens is 488 g/mol. The van der Waals surface area contributed by atoms with Gasteiger partial charge in [0.2, 0.25) is 5.91 Å². The van der Waals surface area contributed by atoms with Crippen molar-refractivity contribution in [2.24, 2.45) is 33.5 Å². The number of halogens is 2. The lowest BCUT2D eigenvalue weighted by molar-refractivity contribution is -0.128. The van der Waals surface area contributed by atoms with Crippen LogP contribution in [0.5, 0.6) is 0 Å². The number of Topliss-reactive ketones (excluding diaryl/α,β-unsaturated/α-hetero) is 3. The molecule has 2 fully saturated rings. The molecule has 1 N–H and O–H groups in total. The fourth-order valence-electron chi connectivity index (χ4n) is 3.40. The maximum Gasteiger partial charge on any atom is 0.258 e. The molecule has 0 bridgehead atoms. The van der Waals surface area contributed by atoms with Crippen LogP contribution in [0, 0.1) is 33.5 Å². The van der Waals surface area contributed by atoms with E-state index in [4.69, 9.17) is 0 Å². The van der Waals surface area contributed by atoms with E-state index in [1.54, 1.807) is 14.0 Å². The fraction of sp³-hybridized carbons (Fsp3) is 0.871. The smallest absolute Gasteiger partial charge is 0.258 e. The zero-order valence-corrected chi connectivity index (χ0v) is 26.8. The predicted molar refractivity (Wildman–Crippen MR) is 152 cm³/mol. The maximum atomic E-state index is 12.4. The van der Waals surface area contributed by atoms with Gasteiger partial charge in [0.1, 0.15) is 17.3 Å². The highest BCUT2D eigenvalue weighted by molar-refractivity contribution is 5.85. The first kappa shape index (κ1) is 38.5. The zero-order valence-electron chi connectivity index (χ0n) is 26.8. The summed E-state index contributed by atoms with van der Waals surface area (Å²) in [6.45, 7) is 25.5. The Morgan fingerprint density at radius 2 is 1.05 bits per heavy atom. The van der Waals surface area contributed by atoms with Crippen LogP contribution >= 0.6 is 0 Å². The van der Waals surface area contributed by atoms with Crippen molar-refractivity contribution in [1.29, 1.82) is 0 Å². The Hall–Kier alpha value is -1.66. The molecular formula is C31H57F2NO4. The van der Waals surface area contributed by atoms with E-state index in [0.29, 0.717) is 18.1 Å².